The fraction of sp³-hybridized carbons (Fsp3) is 0.263. The summed E-state index contributed by atoms with van der Waals surface area (Å²) in [5, 5.41) is 2.79. The number of benzene rings is 2. The zero-order chi connectivity index (χ0) is 18.5. The van der Waals surface area contributed by atoms with E-state index in [0.717, 1.165) is 5.69 Å². The average molecular weight is 358 g/mol. The maximum absolute atomic E-state index is 12.8. The second kappa shape index (κ2) is 7.86. The van der Waals surface area contributed by atoms with E-state index in [-0.39, 0.29) is 36.7 Å². The zero-order valence-electron chi connectivity index (χ0n) is 14.3. The van der Waals surface area contributed by atoms with Crippen molar-refractivity contribution in [3.8, 4) is 11.5 Å². The minimum Gasteiger partial charge on any atom is -0.497 e. The number of ether oxygens (including phenoxy) is 2. The molecule has 6 nitrogen and oxygen atoms in total. The molecule has 26 heavy (non-hydrogen) atoms. The molecule has 1 aliphatic rings. The maximum atomic E-state index is 12.8. The molecule has 0 bridgehead atoms. The van der Waals surface area contributed by atoms with Crippen molar-refractivity contribution in [3.63, 3.8) is 0 Å². The fourth-order valence-electron chi connectivity index (χ4n) is 2.77. The van der Waals surface area contributed by atoms with Crippen molar-refractivity contribution in [1.29, 1.82) is 0 Å². The van der Waals surface area contributed by atoms with Gasteiger partial charge in [0.15, 0.2) is 6.61 Å². The lowest BCUT2D eigenvalue weighted by atomic mass is 10.2. The second-order valence-electron chi connectivity index (χ2n) is 5.91. The van der Waals surface area contributed by atoms with Gasteiger partial charge in [-0.1, -0.05) is 0 Å². The number of carbonyl (C=O) groups excluding carboxylic acids is 2. The van der Waals surface area contributed by atoms with Crippen LogP contribution in [0.15, 0.2) is 48.5 Å². The Labute approximate surface area is 150 Å². The molecule has 0 radical (unpaired) electrons. The van der Waals surface area contributed by atoms with Crippen LogP contribution in [0.3, 0.4) is 0 Å². The molecule has 1 fully saturated rings. The van der Waals surface area contributed by atoms with Gasteiger partial charge in [-0.05, 0) is 48.5 Å². The van der Waals surface area contributed by atoms with Crippen LogP contribution >= 0.6 is 0 Å². The summed E-state index contributed by atoms with van der Waals surface area (Å²) >= 11 is 0. The van der Waals surface area contributed by atoms with E-state index >= 15 is 0 Å². The van der Waals surface area contributed by atoms with Gasteiger partial charge in [0.05, 0.1) is 13.2 Å². The number of carbonyl (C=O) groups is 2. The molecule has 0 spiro atoms. The molecule has 1 saturated heterocycles. The van der Waals surface area contributed by atoms with Crippen molar-refractivity contribution in [2.45, 2.75) is 12.5 Å². The standard InChI is InChI=1S/C19H19FN2O4/c1-25-16-8-4-15(5-9-16)22-11-14(10-19(22)24)21-18(23)12-26-17-6-2-13(20)3-7-17/h2-9,14H,10-12H2,1H3,(H,21,23)/t14-/m1/s1. The van der Waals surface area contributed by atoms with Gasteiger partial charge in [-0.25, -0.2) is 4.39 Å². The summed E-state index contributed by atoms with van der Waals surface area (Å²) in [6.07, 6.45) is 0.230. The van der Waals surface area contributed by atoms with Gasteiger partial charge in [-0.15, -0.1) is 0 Å². The molecule has 0 aromatic heterocycles. The van der Waals surface area contributed by atoms with Gasteiger partial charge in [-0.3, -0.25) is 9.59 Å². The van der Waals surface area contributed by atoms with Crippen molar-refractivity contribution in [3.05, 3.63) is 54.3 Å². The minimum atomic E-state index is -0.370. The number of rotatable bonds is 6. The molecule has 0 unspecified atom stereocenters. The first-order valence-corrected chi connectivity index (χ1v) is 8.17. The van der Waals surface area contributed by atoms with Crippen LogP contribution in [0.4, 0.5) is 10.1 Å². The lowest BCUT2D eigenvalue weighted by molar-refractivity contribution is -0.123. The largest absolute Gasteiger partial charge is 0.497 e. The first kappa shape index (κ1) is 17.7. The van der Waals surface area contributed by atoms with Gasteiger partial charge in [0.25, 0.3) is 5.91 Å². The van der Waals surface area contributed by atoms with Crippen molar-refractivity contribution in [1.82, 2.24) is 5.32 Å². The maximum Gasteiger partial charge on any atom is 0.258 e. The van der Waals surface area contributed by atoms with Gasteiger partial charge in [0.1, 0.15) is 17.3 Å². The first-order chi connectivity index (χ1) is 12.5. The number of amides is 2. The molecule has 7 heteroatoms. The molecule has 3 rings (SSSR count). The third-order valence-corrected chi connectivity index (χ3v) is 4.06. The highest BCUT2D eigenvalue weighted by Crippen LogP contribution is 2.24. The van der Waals surface area contributed by atoms with Crippen LogP contribution in [0, 0.1) is 5.82 Å². The van der Waals surface area contributed by atoms with Gasteiger partial charge in [0, 0.05) is 18.7 Å². The quantitative estimate of drug-likeness (QED) is 0.859. The van der Waals surface area contributed by atoms with Gasteiger partial charge in [0.2, 0.25) is 5.91 Å². The second-order valence-corrected chi connectivity index (χ2v) is 5.91. The molecule has 0 aliphatic carbocycles. The molecule has 1 aliphatic heterocycles. The molecular weight excluding hydrogens is 339 g/mol. The van der Waals surface area contributed by atoms with Crippen LogP contribution < -0.4 is 19.7 Å². The van der Waals surface area contributed by atoms with E-state index in [1.54, 1.807) is 36.3 Å². The molecule has 2 amide bonds. The highest BCUT2D eigenvalue weighted by Gasteiger charge is 2.31. The highest BCUT2D eigenvalue weighted by atomic mass is 19.1. The summed E-state index contributed by atoms with van der Waals surface area (Å²) < 4.78 is 23.2. The van der Waals surface area contributed by atoms with Crippen molar-refractivity contribution in [2.24, 2.45) is 0 Å². The van der Waals surface area contributed by atoms with Gasteiger partial charge in [-0.2, -0.15) is 0 Å². The van der Waals surface area contributed by atoms with E-state index < -0.39 is 0 Å². The topological polar surface area (TPSA) is 67.9 Å². The monoisotopic (exact) mass is 358 g/mol. The molecule has 0 saturated carbocycles. The predicted octanol–water partition coefficient (Wildman–Crippen LogP) is 2.13. The van der Waals surface area contributed by atoms with Gasteiger partial charge >= 0.3 is 0 Å². The summed E-state index contributed by atoms with van der Waals surface area (Å²) in [4.78, 5) is 25.9. The Balaban J connectivity index is 1.51. The van der Waals surface area contributed by atoms with E-state index in [1.165, 1.54) is 24.3 Å². The SMILES string of the molecule is COc1ccc(N2C[C@H](NC(=O)COc3ccc(F)cc3)CC2=O)cc1. The van der Waals surface area contributed by atoms with Crippen LogP contribution in [0.2, 0.25) is 0 Å². The number of nitrogens with zero attached hydrogens (tertiary/aromatic N) is 1. The Bertz CT molecular complexity index is 777. The van der Waals surface area contributed by atoms with Crippen LogP contribution in [-0.2, 0) is 9.59 Å². The summed E-state index contributed by atoms with van der Waals surface area (Å²) in [7, 11) is 1.58. The third kappa shape index (κ3) is 4.30. The molecule has 136 valence electrons. The van der Waals surface area contributed by atoms with E-state index in [9.17, 15) is 14.0 Å². The van der Waals surface area contributed by atoms with Crippen molar-refractivity contribution >= 4 is 17.5 Å². The molecule has 1 atom stereocenters. The van der Waals surface area contributed by atoms with Crippen molar-refractivity contribution in [2.75, 3.05) is 25.2 Å². The molecule has 2 aromatic rings. The summed E-state index contributed by atoms with van der Waals surface area (Å²) in [5.41, 5.74) is 0.759. The number of halogens is 1. The number of methoxy groups -OCH3 is 1. The van der Waals surface area contributed by atoms with Crippen molar-refractivity contribution < 1.29 is 23.5 Å². The molecule has 1 heterocycles. The van der Waals surface area contributed by atoms with E-state index in [4.69, 9.17) is 9.47 Å². The third-order valence-electron chi connectivity index (χ3n) is 4.06. The predicted molar refractivity (Wildman–Crippen MR) is 93.8 cm³/mol. The van der Waals surface area contributed by atoms with Gasteiger partial charge < -0.3 is 19.7 Å². The number of hydrogen-bond acceptors (Lipinski definition) is 4. The Hall–Kier alpha value is -3.09. The summed E-state index contributed by atoms with van der Waals surface area (Å²) in [6, 6.07) is 12.3. The first-order valence-electron chi connectivity index (χ1n) is 8.17. The zero-order valence-corrected chi connectivity index (χ0v) is 14.3. The summed E-state index contributed by atoms with van der Waals surface area (Å²) in [5.74, 6) is 0.362. The number of nitrogens with one attached hydrogen (secondary N) is 1. The molecular formula is C19H19FN2O4. The van der Waals surface area contributed by atoms with E-state index in [0.29, 0.717) is 18.0 Å². The Morgan fingerprint density at radius 3 is 2.46 bits per heavy atom. The number of anilines is 1. The Kier molecular flexibility index (Phi) is 5.36. The van der Waals surface area contributed by atoms with Crippen LogP contribution in [-0.4, -0.2) is 38.1 Å². The smallest absolute Gasteiger partial charge is 0.258 e. The number of hydrogen-bond donors (Lipinski definition) is 1. The van der Waals surface area contributed by atoms with Crippen LogP contribution in [0.25, 0.3) is 0 Å². The molecule has 1 N–H and O–H groups in total. The highest BCUT2D eigenvalue weighted by molar-refractivity contribution is 5.97. The summed E-state index contributed by atoms with van der Waals surface area (Å²) in [6.45, 7) is 0.201. The lowest BCUT2D eigenvalue weighted by Gasteiger charge is -2.17. The average Bonchev–Trinajstić information content (AvgIpc) is 3.01. The van der Waals surface area contributed by atoms with Crippen LogP contribution in [0.5, 0.6) is 11.5 Å². The molecule has 2 aromatic carbocycles. The minimum absolute atomic E-state index is 0.0556. The van der Waals surface area contributed by atoms with E-state index in [2.05, 4.69) is 5.32 Å². The fourth-order valence-corrected chi connectivity index (χ4v) is 2.77. The Morgan fingerprint density at radius 2 is 1.81 bits per heavy atom. The van der Waals surface area contributed by atoms with Crippen LogP contribution in [0.1, 0.15) is 6.42 Å². The van der Waals surface area contributed by atoms with E-state index in [1.807, 2.05) is 0 Å². The lowest BCUT2D eigenvalue weighted by Crippen LogP contribution is -2.39. The Morgan fingerprint density at radius 1 is 1.15 bits per heavy atom. The normalized spacial score (nSPS) is 16.5.